The van der Waals surface area contributed by atoms with Crippen molar-refractivity contribution < 1.29 is 14.6 Å². The van der Waals surface area contributed by atoms with Gasteiger partial charge in [0.05, 0.1) is 12.2 Å². The number of hydrogen-bond acceptors (Lipinski definition) is 4. The number of β-amino-alcohol motifs (C(OH)–C–C–N with tert-alkyl or cyclic N) is 1. The van der Waals surface area contributed by atoms with Crippen LogP contribution < -0.4 is 5.32 Å². The van der Waals surface area contributed by atoms with Crippen molar-refractivity contribution in [3.8, 4) is 0 Å². The van der Waals surface area contributed by atoms with E-state index in [1.54, 1.807) is 4.90 Å². The zero-order valence-electron chi connectivity index (χ0n) is 17.9. The molecule has 3 aromatic carbocycles. The Kier molecular flexibility index (Phi) is 6.97. The van der Waals surface area contributed by atoms with Crippen LogP contribution in [0.15, 0.2) is 72.8 Å². The molecular weight excluding hydrogens is 388 g/mol. The Morgan fingerprint density at radius 3 is 2.52 bits per heavy atom. The number of likely N-dealkylation sites (tertiary alicyclic amines) is 1. The molecule has 1 heterocycles. The van der Waals surface area contributed by atoms with Gasteiger partial charge in [-0.25, -0.2) is 0 Å². The molecule has 0 spiro atoms. The Hall–Kier alpha value is -2.73. The number of benzene rings is 3. The lowest BCUT2D eigenvalue weighted by Gasteiger charge is -2.29. The molecule has 5 heteroatoms. The molecule has 0 saturated carbocycles. The number of fused-ring (bicyclic) bond motifs is 1. The number of hydrogen-bond donors (Lipinski definition) is 2. The van der Waals surface area contributed by atoms with E-state index in [0.717, 1.165) is 5.56 Å². The number of aliphatic hydroxyl groups is 1. The topological polar surface area (TPSA) is 61.8 Å². The van der Waals surface area contributed by atoms with Crippen molar-refractivity contribution in [3.05, 3.63) is 83.9 Å². The summed E-state index contributed by atoms with van der Waals surface area (Å²) in [5.41, 5.74) is 2.22. The first-order chi connectivity index (χ1) is 15.2. The normalized spacial score (nSPS) is 18.3. The van der Waals surface area contributed by atoms with Crippen LogP contribution in [0.4, 0.5) is 0 Å². The minimum atomic E-state index is -0.427. The van der Waals surface area contributed by atoms with Crippen molar-refractivity contribution in [2.24, 2.45) is 0 Å². The Morgan fingerprint density at radius 1 is 1.06 bits per heavy atom. The second-order valence-corrected chi connectivity index (χ2v) is 8.20. The predicted molar refractivity (Wildman–Crippen MR) is 123 cm³/mol. The van der Waals surface area contributed by atoms with Gasteiger partial charge < -0.3 is 20.1 Å². The van der Waals surface area contributed by atoms with Gasteiger partial charge in [-0.15, -0.1) is 0 Å². The summed E-state index contributed by atoms with van der Waals surface area (Å²) in [7, 11) is 1.94. The lowest BCUT2D eigenvalue weighted by molar-refractivity contribution is -0.138. The first-order valence-corrected chi connectivity index (χ1v) is 10.9. The third kappa shape index (κ3) is 5.13. The molecular formula is C26H30N2O3. The number of carbonyl (C=O) groups excluding carboxylic acids is 1. The molecule has 0 aliphatic carbocycles. The van der Waals surface area contributed by atoms with Crippen LogP contribution in [-0.4, -0.2) is 55.3 Å². The zero-order valence-corrected chi connectivity index (χ0v) is 17.9. The van der Waals surface area contributed by atoms with Gasteiger partial charge in [0, 0.05) is 25.6 Å². The number of nitrogens with one attached hydrogen (secondary N) is 1. The molecule has 0 aromatic heterocycles. The van der Waals surface area contributed by atoms with Crippen LogP contribution in [0.1, 0.15) is 29.6 Å². The van der Waals surface area contributed by atoms with Crippen LogP contribution in [-0.2, 0) is 9.53 Å². The highest BCUT2D eigenvalue weighted by Gasteiger charge is 2.29. The number of rotatable bonds is 8. The van der Waals surface area contributed by atoms with E-state index in [1.807, 2.05) is 37.4 Å². The molecule has 1 aliphatic rings. The second kappa shape index (κ2) is 10.1. The number of ether oxygens (including phenoxy) is 1. The van der Waals surface area contributed by atoms with Gasteiger partial charge in [-0.05, 0) is 35.4 Å². The lowest BCUT2D eigenvalue weighted by Crippen LogP contribution is -2.34. The number of nitrogens with zero attached hydrogens (tertiary/aromatic N) is 1. The summed E-state index contributed by atoms with van der Waals surface area (Å²) < 4.78 is 6.31. The SMILES string of the molecule is CNC[C@H](c1ccc2ccccc2c1)[C@H](OCC(=O)N1CCC(O)C1)c1ccccc1. The summed E-state index contributed by atoms with van der Waals surface area (Å²) in [6.45, 7) is 1.70. The predicted octanol–water partition coefficient (Wildman–Crippen LogP) is 3.49. The standard InChI is InChI=1S/C26H30N2O3/c1-27-16-24(22-12-11-19-7-5-6-10-21(19)15-22)26(20-8-3-2-4-9-20)31-18-25(30)28-14-13-23(29)17-28/h2-12,15,23-24,26-27,29H,13-14,16-18H2,1H3/t23?,24-,26-/m1/s1. The van der Waals surface area contributed by atoms with E-state index in [2.05, 4.69) is 47.8 Å². The fourth-order valence-electron chi connectivity index (χ4n) is 4.37. The number of amides is 1. The van der Waals surface area contributed by atoms with Gasteiger partial charge in [0.2, 0.25) is 5.91 Å². The van der Waals surface area contributed by atoms with Crippen LogP contribution >= 0.6 is 0 Å². The summed E-state index contributed by atoms with van der Waals surface area (Å²) >= 11 is 0. The molecule has 3 aromatic rings. The highest BCUT2D eigenvalue weighted by Crippen LogP contribution is 2.35. The fraction of sp³-hybridized carbons (Fsp3) is 0.346. The van der Waals surface area contributed by atoms with Crippen LogP contribution in [0.3, 0.4) is 0 Å². The fourth-order valence-corrected chi connectivity index (χ4v) is 4.37. The van der Waals surface area contributed by atoms with Gasteiger partial charge in [0.1, 0.15) is 6.61 Å². The minimum absolute atomic E-state index is 0.0000759. The molecule has 2 N–H and O–H groups in total. The lowest BCUT2D eigenvalue weighted by atomic mass is 9.87. The van der Waals surface area contributed by atoms with Gasteiger partial charge in [-0.3, -0.25) is 4.79 Å². The van der Waals surface area contributed by atoms with Crippen molar-refractivity contribution in [2.45, 2.75) is 24.5 Å². The van der Waals surface area contributed by atoms with Crippen molar-refractivity contribution in [3.63, 3.8) is 0 Å². The second-order valence-electron chi connectivity index (χ2n) is 8.20. The number of carbonyl (C=O) groups is 1. The molecule has 1 amide bonds. The summed E-state index contributed by atoms with van der Waals surface area (Å²) in [6, 6.07) is 24.9. The minimum Gasteiger partial charge on any atom is -0.391 e. The van der Waals surface area contributed by atoms with E-state index in [0.29, 0.717) is 26.1 Å². The highest BCUT2D eigenvalue weighted by atomic mass is 16.5. The van der Waals surface area contributed by atoms with Gasteiger partial charge in [0.15, 0.2) is 0 Å². The summed E-state index contributed by atoms with van der Waals surface area (Å²) in [5, 5.41) is 15.5. The average Bonchev–Trinajstić information content (AvgIpc) is 3.25. The molecule has 0 radical (unpaired) electrons. The monoisotopic (exact) mass is 418 g/mol. The molecule has 1 unspecified atom stereocenters. The molecule has 1 saturated heterocycles. The Morgan fingerprint density at radius 2 is 1.81 bits per heavy atom. The van der Waals surface area contributed by atoms with Crippen molar-refractivity contribution >= 4 is 16.7 Å². The van der Waals surface area contributed by atoms with Crippen LogP contribution in [0.25, 0.3) is 10.8 Å². The largest absolute Gasteiger partial charge is 0.391 e. The molecule has 5 nitrogen and oxygen atoms in total. The molecule has 162 valence electrons. The smallest absolute Gasteiger partial charge is 0.248 e. The summed E-state index contributed by atoms with van der Waals surface area (Å²) in [6.07, 6.45) is -0.0670. The first-order valence-electron chi connectivity index (χ1n) is 10.9. The van der Waals surface area contributed by atoms with E-state index in [-0.39, 0.29) is 24.5 Å². The average molecular weight is 419 g/mol. The number of aliphatic hydroxyl groups excluding tert-OH is 1. The summed E-state index contributed by atoms with van der Waals surface area (Å²) in [5.74, 6) is -0.0341. The van der Waals surface area contributed by atoms with E-state index < -0.39 is 6.10 Å². The van der Waals surface area contributed by atoms with Gasteiger partial charge in [0.25, 0.3) is 0 Å². The van der Waals surface area contributed by atoms with Crippen LogP contribution in [0.2, 0.25) is 0 Å². The first kappa shape index (κ1) is 21.5. The van der Waals surface area contributed by atoms with Gasteiger partial charge in [-0.1, -0.05) is 72.8 Å². The van der Waals surface area contributed by atoms with Crippen LogP contribution in [0.5, 0.6) is 0 Å². The zero-order chi connectivity index (χ0) is 21.6. The van der Waals surface area contributed by atoms with Crippen LogP contribution in [0, 0.1) is 0 Å². The highest BCUT2D eigenvalue weighted by molar-refractivity contribution is 5.83. The van der Waals surface area contributed by atoms with E-state index in [4.69, 9.17) is 4.74 Å². The third-order valence-electron chi connectivity index (χ3n) is 6.02. The number of likely N-dealkylation sites (N-methyl/N-ethyl adjacent to an activating group) is 1. The Labute approximate surface area is 183 Å². The quantitative estimate of drug-likeness (QED) is 0.588. The molecule has 3 atom stereocenters. The Balaban J connectivity index is 1.61. The van der Waals surface area contributed by atoms with Gasteiger partial charge >= 0.3 is 0 Å². The molecule has 1 aliphatic heterocycles. The molecule has 4 rings (SSSR count). The third-order valence-corrected chi connectivity index (χ3v) is 6.02. The molecule has 31 heavy (non-hydrogen) atoms. The Bertz CT molecular complexity index is 1010. The summed E-state index contributed by atoms with van der Waals surface area (Å²) in [4.78, 5) is 14.4. The maximum atomic E-state index is 12.7. The van der Waals surface area contributed by atoms with E-state index >= 15 is 0 Å². The van der Waals surface area contributed by atoms with E-state index in [1.165, 1.54) is 16.3 Å². The van der Waals surface area contributed by atoms with E-state index in [9.17, 15) is 9.90 Å². The van der Waals surface area contributed by atoms with Crippen molar-refractivity contribution in [1.29, 1.82) is 0 Å². The maximum Gasteiger partial charge on any atom is 0.248 e. The molecule has 1 fully saturated rings. The molecule has 0 bridgehead atoms. The van der Waals surface area contributed by atoms with Gasteiger partial charge in [-0.2, -0.15) is 0 Å². The van der Waals surface area contributed by atoms with Crippen molar-refractivity contribution in [1.82, 2.24) is 10.2 Å². The maximum absolute atomic E-state index is 12.7. The van der Waals surface area contributed by atoms with Crippen molar-refractivity contribution in [2.75, 3.05) is 33.3 Å².